The van der Waals surface area contributed by atoms with Gasteiger partial charge in [-0.2, -0.15) is 5.10 Å². The third-order valence-electron chi connectivity index (χ3n) is 2.09. The lowest BCUT2D eigenvalue weighted by atomic mass is 10.2. The molecule has 0 amide bonds. The van der Waals surface area contributed by atoms with E-state index in [0.717, 1.165) is 5.56 Å². The van der Waals surface area contributed by atoms with Gasteiger partial charge < -0.3 is 14.3 Å². The number of aromatic carboxylic acids is 1. The van der Waals surface area contributed by atoms with Crippen molar-refractivity contribution in [1.29, 1.82) is 0 Å². The molecule has 84 valence electrons. The average Bonchev–Trinajstić information content (AvgIpc) is 2.84. The Bertz CT molecular complexity index is 500. The van der Waals surface area contributed by atoms with Gasteiger partial charge in [-0.15, -0.1) is 0 Å². The summed E-state index contributed by atoms with van der Waals surface area (Å²) in [7, 11) is 1.58. The predicted molar refractivity (Wildman–Crippen MR) is 54.0 cm³/mol. The van der Waals surface area contributed by atoms with Crippen LogP contribution in [-0.2, 0) is 11.3 Å². The van der Waals surface area contributed by atoms with Gasteiger partial charge in [-0.3, -0.25) is 5.10 Å². The number of furan rings is 1. The summed E-state index contributed by atoms with van der Waals surface area (Å²) in [5.41, 5.74) is 1.31. The fourth-order valence-corrected chi connectivity index (χ4v) is 1.39. The zero-order chi connectivity index (χ0) is 11.5. The van der Waals surface area contributed by atoms with E-state index in [2.05, 4.69) is 10.2 Å². The van der Waals surface area contributed by atoms with Crippen molar-refractivity contribution >= 4 is 5.97 Å². The monoisotopic (exact) mass is 222 g/mol. The van der Waals surface area contributed by atoms with Gasteiger partial charge in [0.05, 0.1) is 12.9 Å². The number of methoxy groups -OCH3 is 1. The lowest BCUT2D eigenvalue weighted by Gasteiger charge is -1.97. The summed E-state index contributed by atoms with van der Waals surface area (Å²) in [6.07, 6.45) is 1.52. The van der Waals surface area contributed by atoms with Crippen molar-refractivity contribution in [2.75, 3.05) is 7.11 Å². The number of carbonyl (C=O) groups is 1. The molecule has 6 nitrogen and oxygen atoms in total. The molecule has 0 aromatic carbocycles. The first-order valence-electron chi connectivity index (χ1n) is 4.56. The first-order valence-corrected chi connectivity index (χ1v) is 4.56. The smallest absolute Gasteiger partial charge is 0.356 e. The maximum atomic E-state index is 10.7. The average molecular weight is 222 g/mol. The highest BCUT2D eigenvalue weighted by atomic mass is 16.5. The number of nitrogens with one attached hydrogen (secondary N) is 1. The summed E-state index contributed by atoms with van der Waals surface area (Å²) in [6.45, 7) is 0.396. The minimum atomic E-state index is -1.08. The minimum Gasteiger partial charge on any atom is -0.476 e. The van der Waals surface area contributed by atoms with Crippen LogP contribution in [0.15, 0.2) is 22.8 Å². The molecule has 2 rings (SSSR count). The van der Waals surface area contributed by atoms with Gasteiger partial charge in [-0.05, 0) is 6.07 Å². The molecule has 0 atom stereocenters. The normalized spacial score (nSPS) is 10.6. The van der Waals surface area contributed by atoms with Gasteiger partial charge in [-0.25, -0.2) is 4.79 Å². The van der Waals surface area contributed by atoms with Crippen molar-refractivity contribution in [1.82, 2.24) is 10.2 Å². The minimum absolute atomic E-state index is 0.0465. The zero-order valence-corrected chi connectivity index (χ0v) is 8.56. The van der Waals surface area contributed by atoms with E-state index < -0.39 is 5.97 Å². The van der Waals surface area contributed by atoms with Crippen LogP contribution in [0, 0.1) is 0 Å². The van der Waals surface area contributed by atoms with E-state index in [1.165, 1.54) is 12.3 Å². The van der Waals surface area contributed by atoms with Crippen LogP contribution in [-0.4, -0.2) is 28.4 Å². The van der Waals surface area contributed by atoms with E-state index in [1.807, 2.05) is 0 Å². The molecule has 0 aliphatic rings. The van der Waals surface area contributed by atoms with Crippen LogP contribution in [0.1, 0.15) is 16.1 Å². The molecular formula is C10H10N2O4. The Hall–Kier alpha value is -2.08. The molecule has 0 saturated heterocycles. The number of H-pyrrole nitrogens is 1. The Morgan fingerprint density at radius 1 is 1.69 bits per heavy atom. The summed E-state index contributed by atoms with van der Waals surface area (Å²) < 4.78 is 10.2. The van der Waals surface area contributed by atoms with Gasteiger partial charge in [0.15, 0.2) is 11.5 Å². The van der Waals surface area contributed by atoms with E-state index >= 15 is 0 Å². The molecule has 2 aromatic heterocycles. The molecule has 0 unspecified atom stereocenters. The third-order valence-corrected chi connectivity index (χ3v) is 2.09. The second-order valence-corrected chi connectivity index (χ2v) is 3.18. The molecule has 0 aliphatic heterocycles. The van der Waals surface area contributed by atoms with Crippen molar-refractivity contribution in [3.05, 3.63) is 29.7 Å². The van der Waals surface area contributed by atoms with Crippen molar-refractivity contribution in [3.8, 4) is 11.5 Å². The highest BCUT2D eigenvalue weighted by Gasteiger charge is 2.14. The van der Waals surface area contributed by atoms with Crippen LogP contribution in [0.4, 0.5) is 0 Å². The number of carboxylic acids is 1. The second kappa shape index (κ2) is 4.19. The number of carboxylic acid groups (broad SMARTS) is 1. The summed E-state index contributed by atoms with van der Waals surface area (Å²) in [4.78, 5) is 10.7. The highest BCUT2D eigenvalue weighted by molar-refractivity contribution is 5.86. The number of ether oxygens (including phenoxy) is 1. The Kier molecular flexibility index (Phi) is 2.74. The molecule has 0 radical (unpaired) electrons. The third kappa shape index (κ3) is 1.82. The maximum absolute atomic E-state index is 10.7. The highest BCUT2D eigenvalue weighted by Crippen LogP contribution is 2.24. The predicted octanol–water partition coefficient (Wildman–Crippen LogP) is 1.51. The fraction of sp³-hybridized carbons (Fsp3) is 0.200. The Balaban J connectivity index is 2.34. The van der Waals surface area contributed by atoms with Crippen LogP contribution in [0.25, 0.3) is 11.5 Å². The van der Waals surface area contributed by atoms with E-state index in [1.54, 1.807) is 13.2 Å². The fourth-order valence-electron chi connectivity index (χ4n) is 1.39. The number of aromatic nitrogens is 2. The largest absolute Gasteiger partial charge is 0.476 e. The van der Waals surface area contributed by atoms with Gasteiger partial charge in [0, 0.05) is 18.7 Å². The molecule has 0 aliphatic carbocycles. The molecule has 2 N–H and O–H groups in total. The summed E-state index contributed by atoms with van der Waals surface area (Å²) in [6, 6.07) is 3.18. The van der Waals surface area contributed by atoms with Crippen LogP contribution in [0.2, 0.25) is 0 Å². The zero-order valence-electron chi connectivity index (χ0n) is 8.56. The Morgan fingerprint density at radius 3 is 3.12 bits per heavy atom. The van der Waals surface area contributed by atoms with E-state index in [9.17, 15) is 4.79 Å². The number of hydrogen-bond donors (Lipinski definition) is 2. The molecule has 2 heterocycles. The van der Waals surface area contributed by atoms with E-state index in [4.69, 9.17) is 14.3 Å². The first kappa shape index (κ1) is 10.4. The van der Waals surface area contributed by atoms with Crippen molar-refractivity contribution in [2.45, 2.75) is 6.61 Å². The number of nitrogens with zero attached hydrogens (tertiary/aromatic N) is 1. The maximum Gasteiger partial charge on any atom is 0.356 e. The standard InChI is InChI=1S/C10H10N2O4/c1-15-5-6-2-3-16-9(6)7-4-8(10(13)14)12-11-7/h2-4H,5H2,1H3,(H,11,12)(H,13,14). The molecule has 6 heteroatoms. The van der Waals surface area contributed by atoms with Gasteiger partial charge in [0.2, 0.25) is 0 Å². The van der Waals surface area contributed by atoms with Crippen molar-refractivity contribution in [3.63, 3.8) is 0 Å². The number of hydrogen-bond acceptors (Lipinski definition) is 4. The van der Waals surface area contributed by atoms with Gasteiger partial charge in [0.1, 0.15) is 5.69 Å². The van der Waals surface area contributed by atoms with E-state index in [0.29, 0.717) is 18.1 Å². The van der Waals surface area contributed by atoms with Gasteiger partial charge in [0.25, 0.3) is 0 Å². The topological polar surface area (TPSA) is 88.3 Å². The van der Waals surface area contributed by atoms with Crippen molar-refractivity contribution < 1.29 is 19.1 Å². The van der Waals surface area contributed by atoms with Crippen LogP contribution < -0.4 is 0 Å². The first-order chi connectivity index (χ1) is 7.72. The number of rotatable bonds is 4. The molecule has 2 aromatic rings. The molecule has 16 heavy (non-hydrogen) atoms. The van der Waals surface area contributed by atoms with Crippen LogP contribution >= 0.6 is 0 Å². The summed E-state index contributed by atoms with van der Waals surface area (Å²) in [5, 5.41) is 15.0. The molecule has 0 spiro atoms. The quantitative estimate of drug-likeness (QED) is 0.818. The second-order valence-electron chi connectivity index (χ2n) is 3.18. The Morgan fingerprint density at radius 2 is 2.50 bits per heavy atom. The van der Waals surface area contributed by atoms with Crippen LogP contribution in [0.3, 0.4) is 0 Å². The number of aromatic amines is 1. The molecule has 0 saturated carbocycles. The van der Waals surface area contributed by atoms with Gasteiger partial charge >= 0.3 is 5.97 Å². The molecule has 0 bridgehead atoms. The lowest BCUT2D eigenvalue weighted by Crippen LogP contribution is -1.95. The SMILES string of the molecule is COCc1ccoc1-c1cc(C(=O)O)n[nH]1. The van der Waals surface area contributed by atoms with Crippen molar-refractivity contribution in [2.24, 2.45) is 0 Å². The lowest BCUT2D eigenvalue weighted by molar-refractivity contribution is 0.0690. The summed E-state index contributed by atoms with van der Waals surface area (Å²) in [5.74, 6) is -0.538. The van der Waals surface area contributed by atoms with Gasteiger partial charge in [-0.1, -0.05) is 0 Å². The Labute approximate surface area is 90.8 Å². The van der Waals surface area contributed by atoms with Crippen LogP contribution in [0.5, 0.6) is 0 Å². The van der Waals surface area contributed by atoms with E-state index in [-0.39, 0.29) is 5.69 Å². The molecule has 0 fully saturated rings. The molecular weight excluding hydrogens is 212 g/mol. The summed E-state index contributed by atoms with van der Waals surface area (Å²) >= 11 is 0.